The molecule has 0 aliphatic rings. The number of aromatic carboxylic acids is 1. The molecular weight excluding hydrogens is 218 g/mol. The molecule has 0 aliphatic carbocycles. The number of hydrogen-bond donors (Lipinski definition) is 2. The van der Waals surface area contributed by atoms with E-state index in [-0.39, 0.29) is 19.0 Å². The van der Waals surface area contributed by atoms with Crippen molar-refractivity contribution in [1.29, 1.82) is 0 Å². The highest BCUT2D eigenvalue weighted by Gasteiger charge is 2.24. The molecule has 0 heterocycles. The molecule has 0 aliphatic heterocycles. The van der Waals surface area contributed by atoms with E-state index in [1.807, 2.05) is 0 Å². The Balaban J connectivity index is 3.21. The summed E-state index contributed by atoms with van der Waals surface area (Å²) < 4.78 is 4.90. The van der Waals surface area contributed by atoms with Crippen LogP contribution in [0, 0.1) is 10.1 Å². The van der Waals surface area contributed by atoms with Crippen LogP contribution in [0.15, 0.2) is 18.2 Å². The van der Waals surface area contributed by atoms with Crippen molar-refractivity contribution in [2.75, 3.05) is 13.2 Å². The molecule has 1 aromatic rings. The van der Waals surface area contributed by atoms with Gasteiger partial charge in [-0.2, -0.15) is 0 Å². The Labute approximate surface area is 90.0 Å². The number of aliphatic hydroxyl groups is 1. The number of benzene rings is 1. The number of nitrogens with zero attached hydrogens (tertiary/aromatic N) is 1. The van der Waals surface area contributed by atoms with Crippen LogP contribution in [0.5, 0.6) is 5.75 Å². The highest BCUT2D eigenvalue weighted by Crippen LogP contribution is 2.28. The quantitative estimate of drug-likeness (QED) is 0.564. The second-order valence-electron chi connectivity index (χ2n) is 2.78. The standard InChI is InChI=1S/C9H9NO6/c11-4-5-16-7-3-1-2-6(10(14)15)8(7)9(12)13/h1-3,11H,4-5H2,(H,12,13). The molecule has 2 N–H and O–H groups in total. The lowest BCUT2D eigenvalue weighted by Gasteiger charge is -2.07. The van der Waals surface area contributed by atoms with Crippen molar-refractivity contribution in [3.05, 3.63) is 33.9 Å². The first-order valence-electron chi connectivity index (χ1n) is 4.32. The number of rotatable bonds is 5. The second kappa shape index (κ2) is 5.08. The first kappa shape index (κ1) is 11.9. The topological polar surface area (TPSA) is 110 Å². The summed E-state index contributed by atoms with van der Waals surface area (Å²) >= 11 is 0. The van der Waals surface area contributed by atoms with E-state index >= 15 is 0 Å². The molecule has 86 valence electrons. The average Bonchev–Trinajstić information content (AvgIpc) is 2.25. The van der Waals surface area contributed by atoms with Gasteiger partial charge in [-0.25, -0.2) is 4.79 Å². The van der Waals surface area contributed by atoms with E-state index in [2.05, 4.69) is 0 Å². The van der Waals surface area contributed by atoms with Gasteiger partial charge in [0, 0.05) is 6.07 Å². The van der Waals surface area contributed by atoms with E-state index in [1.54, 1.807) is 0 Å². The van der Waals surface area contributed by atoms with Crippen molar-refractivity contribution in [2.45, 2.75) is 0 Å². The number of ether oxygens (including phenoxy) is 1. The summed E-state index contributed by atoms with van der Waals surface area (Å²) in [5, 5.41) is 28.0. The van der Waals surface area contributed by atoms with E-state index < -0.39 is 22.1 Å². The molecule has 7 nitrogen and oxygen atoms in total. The molecule has 0 aromatic heterocycles. The highest BCUT2D eigenvalue weighted by molar-refractivity contribution is 5.95. The van der Waals surface area contributed by atoms with Crippen molar-refractivity contribution in [1.82, 2.24) is 0 Å². The van der Waals surface area contributed by atoms with Gasteiger partial charge in [0.15, 0.2) is 5.56 Å². The van der Waals surface area contributed by atoms with E-state index in [0.717, 1.165) is 6.07 Å². The Bertz CT molecular complexity index is 416. The van der Waals surface area contributed by atoms with Crippen LogP contribution in [0.3, 0.4) is 0 Å². The molecule has 16 heavy (non-hydrogen) atoms. The SMILES string of the molecule is O=C(O)c1c(OCCO)cccc1[N+](=O)[O-]. The zero-order valence-electron chi connectivity index (χ0n) is 8.12. The lowest BCUT2D eigenvalue weighted by Crippen LogP contribution is -2.09. The third-order valence-electron chi connectivity index (χ3n) is 1.76. The Morgan fingerprint density at radius 3 is 2.69 bits per heavy atom. The van der Waals surface area contributed by atoms with Gasteiger partial charge in [-0.1, -0.05) is 6.07 Å². The number of hydrogen-bond acceptors (Lipinski definition) is 5. The monoisotopic (exact) mass is 227 g/mol. The van der Waals surface area contributed by atoms with Crippen LogP contribution in [0.2, 0.25) is 0 Å². The Kier molecular flexibility index (Phi) is 3.78. The molecule has 0 unspecified atom stereocenters. The number of carboxylic acid groups (broad SMARTS) is 1. The van der Waals surface area contributed by atoms with Crippen LogP contribution >= 0.6 is 0 Å². The maximum Gasteiger partial charge on any atom is 0.346 e. The molecule has 0 radical (unpaired) electrons. The molecular formula is C9H9NO6. The molecule has 7 heteroatoms. The second-order valence-corrected chi connectivity index (χ2v) is 2.78. The first-order valence-corrected chi connectivity index (χ1v) is 4.32. The van der Waals surface area contributed by atoms with Crippen molar-refractivity contribution in [2.24, 2.45) is 0 Å². The number of nitro benzene ring substituents is 1. The third kappa shape index (κ3) is 2.45. The summed E-state index contributed by atoms with van der Waals surface area (Å²) in [6.07, 6.45) is 0. The minimum absolute atomic E-state index is 0.124. The minimum atomic E-state index is -1.44. The van der Waals surface area contributed by atoms with Gasteiger partial charge in [0.2, 0.25) is 0 Å². The molecule has 0 atom stereocenters. The molecule has 0 saturated carbocycles. The van der Waals surface area contributed by atoms with Crippen molar-refractivity contribution in [3.63, 3.8) is 0 Å². The normalized spacial score (nSPS) is 9.81. The predicted molar refractivity (Wildman–Crippen MR) is 52.6 cm³/mol. The highest BCUT2D eigenvalue weighted by atomic mass is 16.6. The Hall–Kier alpha value is -2.15. The molecule has 0 fully saturated rings. The summed E-state index contributed by atoms with van der Waals surface area (Å²) in [7, 11) is 0. The molecule has 0 amide bonds. The number of nitro groups is 1. The summed E-state index contributed by atoms with van der Waals surface area (Å²) in [6, 6.07) is 3.69. The molecule has 0 spiro atoms. The number of carbonyl (C=O) groups is 1. The average molecular weight is 227 g/mol. The molecule has 1 aromatic carbocycles. The Morgan fingerprint density at radius 1 is 1.50 bits per heavy atom. The fourth-order valence-electron chi connectivity index (χ4n) is 1.16. The third-order valence-corrected chi connectivity index (χ3v) is 1.76. The summed E-state index contributed by atoms with van der Waals surface area (Å²) in [5.74, 6) is -1.57. The predicted octanol–water partition coefficient (Wildman–Crippen LogP) is 0.664. The number of aliphatic hydroxyl groups excluding tert-OH is 1. The van der Waals surface area contributed by atoms with Crippen LogP contribution in [-0.4, -0.2) is 34.3 Å². The van der Waals surface area contributed by atoms with E-state index in [4.69, 9.17) is 14.9 Å². The zero-order valence-corrected chi connectivity index (χ0v) is 8.12. The van der Waals surface area contributed by atoms with E-state index in [9.17, 15) is 14.9 Å². The van der Waals surface area contributed by atoms with Gasteiger partial charge in [0.05, 0.1) is 11.5 Å². The maximum absolute atomic E-state index is 10.9. The van der Waals surface area contributed by atoms with Crippen LogP contribution in [0.25, 0.3) is 0 Å². The first-order chi connectivity index (χ1) is 7.57. The Morgan fingerprint density at radius 2 is 2.19 bits per heavy atom. The summed E-state index contributed by atoms with van der Waals surface area (Å²) in [5.41, 5.74) is -1.05. The lowest BCUT2D eigenvalue weighted by molar-refractivity contribution is -0.385. The fraction of sp³-hybridized carbons (Fsp3) is 0.222. The van der Waals surface area contributed by atoms with Crippen LogP contribution in [0.4, 0.5) is 5.69 Å². The smallest absolute Gasteiger partial charge is 0.346 e. The van der Waals surface area contributed by atoms with Gasteiger partial charge in [-0.3, -0.25) is 10.1 Å². The summed E-state index contributed by atoms with van der Waals surface area (Å²) in [6.45, 7) is -0.427. The van der Waals surface area contributed by atoms with Crippen LogP contribution < -0.4 is 4.74 Å². The largest absolute Gasteiger partial charge is 0.490 e. The van der Waals surface area contributed by atoms with Gasteiger partial charge in [0.1, 0.15) is 12.4 Å². The van der Waals surface area contributed by atoms with Gasteiger partial charge >= 0.3 is 5.97 Å². The van der Waals surface area contributed by atoms with E-state index in [1.165, 1.54) is 12.1 Å². The molecule has 1 rings (SSSR count). The van der Waals surface area contributed by atoms with Gasteiger partial charge in [-0.15, -0.1) is 0 Å². The van der Waals surface area contributed by atoms with Gasteiger partial charge < -0.3 is 14.9 Å². The van der Waals surface area contributed by atoms with Gasteiger partial charge in [0.25, 0.3) is 5.69 Å². The van der Waals surface area contributed by atoms with Crippen LogP contribution in [-0.2, 0) is 0 Å². The lowest BCUT2D eigenvalue weighted by atomic mass is 10.1. The van der Waals surface area contributed by atoms with Crippen LogP contribution in [0.1, 0.15) is 10.4 Å². The molecule has 0 bridgehead atoms. The maximum atomic E-state index is 10.9. The zero-order chi connectivity index (χ0) is 12.1. The van der Waals surface area contributed by atoms with E-state index in [0.29, 0.717) is 0 Å². The van der Waals surface area contributed by atoms with Gasteiger partial charge in [-0.05, 0) is 6.07 Å². The molecule has 0 saturated heterocycles. The van der Waals surface area contributed by atoms with Crippen molar-refractivity contribution < 1.29 is 24.7 Å². The van der Waals surface area contributed by atoms with Crippen molar-refractivity contribution in [3.8, 4) is 5.75 Å². The fourth-order valence-corrected chi connectivity index (χ4v) is 1.16. The summed E-state index contributed by atoms with van der Waals surface area (Å²) in [4.78, 5) is 20.7. The van der Waals surface area contributed by atoms with Crippen molar-refractivity contribution >= 4 is 11.7 Å². The minimum Gasteiger partial charge on any atom is -0.490 e. The number of carboxylic acids is 1.